The zero-order valence-electron chi connectivity index (χ0n) is 17.4. The minimum atomic E-state index is -5.93. The van der Waals surface area contributed by atoms with E-state index in [-0.39, 0.29) is 18.4 Å². The summed E-state index contributed by atoms with van der Waals surface area (Å²) < 4.78 is 39.7. The standard InChI is InChI=1S/4C5H4N.CHO2.Fe.H2N.H2O4S/c4*1-2-4-6-5-3-1;2-1-3;;;1-5(2,3)4/h4*1-4H;(H,2,3);;1H2;(H2,1,2,3,4)/q;;;;;+1;-1;. The SMILES string of the molecule is O=S(=O)(O)O.[NH2][Fe]([C](=O)O)([c]1ccccn1)([c]1ccccn1)([c]1ccccn1)[c]1ccccn1. The van der Waals surface area contributed by atoms with Crippen molar-refractivity contribution in [1.29, 1.82) is 0 Å². The van der Waals surface area contributed by atoms with Crippen molar-refractivity contribution in [2.45, 2.75) is 0 Å². The Hall–Kier alpha value is -3.58. The molecule has 11 nitrogen and oxygen atoms in total. The van der Waals surface area contributed by atoms with E-state index in [1.165, 1.54) is 24.8 Å². The summed E-state index contributed by atoms with van der Waals surface area (Å²) in [5.41, 5.74) is 0. The molecule has 4 heterocycles. The Morgan fingerprint density at radius 3 is 1.03 bits per heavy atom. The molecule has 0 aliphatic heterocycles. The van der Waals surface area contributed by atoms with E-state index in [1.807, 2.05) is 0 Å². The number of pyridine rings is 4. The van der Waals surface area contributed by atoms with E-state index in [9.17, 15) is 9.90 Å². The van der Waals surface area contributed by atoms with Crippen LogP contribution in [0.2, 0.25) is 0 Å². The Morgan fingerprint density at radius 2 is 0.882 bits per heavy atom. The molecule has 0 saturated heterocycles. The third-order valence-corrected chi connectivity index (χ3v) is 13.1. The van der Waals surface area contributed by atoms with Crippen molar-refractivity contribution in [2.75, 3.05) is 0 Å². The molecule has 13 heteroatoms. The van der Waals surface area contributed by atoms with Crippen molar-refractivity contribution in [2.24, 2.45) is 4.75 Å². The molecule has 4 aromatic heterocycles. The first kappa shape index (κ1) is 25.1. The maximum absolute atomic E-state index is 13.6. The Balaban J connectivity index is 0.000000588. The molecule has 4 rings (SSSR count). The van der Waals surface area contributed by atoms with Crippen molar-refractivity contribution in [3.63, 3.8) is 0 Å². The van der Waals surface area contributed by atoms with E-state index in [4.69, 9.17) is 22.3 Å². The molecule has 34 heavy (non-hydrogen) atoms. The van der Waals surface area contributed by atoms with Crippen LogP contribution in [0.1, 0.15) is 0 Å². The predicted octanol–water partition coefficient (Wildman–Crippen LogP) is -0.00740. The first-order valence-corrected chi connectivity index (χ1v) is 14.1. The summed E-state index contributed by atoms with van der Waals surface area (Å²) in [5.74, 6) is 0. The van der Waals surface area contributed by atoms with Gasteiger partial charge in [0.2, 0.25) is 0 Å². The van der Waals surface area contributed by atoms with Crippen molar-refractivity contribution in [3.05, 3.63) is 97.6 Å². The van der Waals surface area contributed by atoms with Gasteiger partial charge in [0, 0.05) is 0 Å². The quantitative estimate of drug-likeness (QED) is 0.202. The van der Waals surface area contributed by atoms with Crippen LogP contribution in [0.15, 0.2) is 97.6 Å². The van der Waals surface area contributed by atoms with Crippen molar-refractivity contribution >= 4 is 33.6 Å². The van der Waals surface area contributed by atoms with Crippen molar-refractivity contribution in [1.82, 2.24) is 19.9 Å². The fourth-order valence-corrected chi connectivity index (χ4v) is 10.1. The van der Waals surface area contributed by atoms with Crippen molar-refractivity contribution in [3.8, 4) is 0 Å². The van der Waals surface area contributed by atoms with Crippen LogP contribution in [0.4, 0.5) is 4.79 Å². The van der Waals surface area contributed by atoms with Gasteiger partial charge in [-0.3, -0.25) is 9.11 Å². The molecule has 0 bridgehead atoms. The normalized spacial score (nSPS) is 13.5. The molecular weight excluding hydrogens is 506 g/mol. The summed E-state index contributed by atoms with van der Waals surface area (Å²) in [4.78, 5) is 30.3. The molecule has 0 unspecified atom stereocenters. The van der Waals surface area contributed by atoms with Gasteiger partial charge >= 0.3 is 177 Å². The molecule has 0 radical (unpaired) electrons. The fraction of sp³-hybridized carbons (Fsp3) is 0. The Bertz CT molecular complexity index is 1230. The van der Waals surface area contributed by atoms with Crippen LogP contribution in [0.25, 0.3) is 0 Å². The maximum atomic E-state index is 13.6. The number of hydrogen-bond acceptors (Lipinski definition) is 8. The second kappa shape index (κ2) is 8.65. The summed E-state index contributed by atoms with van der Waals surface area (Å²) >= 11 is 0. The summed E-state index contributed by atoms with van der Waals surface area (Å²) in [6.07, 6.45) is 6.08. The van der Waals surface area contributed by atoms with Gasteiger partial charge in [-0.15, -0.1) is 0 Å². The van der Waals surface area contributed by atoms with Gasteiger partial charge in [0.25, 0.3) is 0 Å². The van der Waals surface area contributed by atoms with Gasteiger partial charge in [0.1, 0.15) is 0 Å². The van der Waals surface area contributed by atoms with E-state index in [0.717, 1.165) is 0 Å². The molecule has 0 aliphatic carbocycles. The summed E-state index contributed by atoms with van der Waals surface area (Å²) in [5, 5.41) is 11.1. The number of carboxylic acid groups (broad SMARTS) is 1. The van der Waals surface area contributed by atoms with Gasteiger partial charge < -0.3 is 0 Å². The average molecular weight is 527 g/mol. The van der Waals surface area contributed by atoms with Crippen LogP contribution < -0.4 is 23.1 Å². The number of nitrogens with zero attached hydrogens (tertiary/aromatic N) is 4. The number of carbonyl (C=O) groups is 1. The molecule has 0 fully saturated rings. The molecule has 0 spiro atoms. The molecule has 180 valence electrons. The molecule has 0 atom stereocenters. The Labute approximate surface area is 194 Å². The molecule has 0 aromatic carbocycles. The fourth-order valence-electron chi connectivity index (χ4n) is 3.30. The second-order valence-corrected chi connectivity index (χ2v) is 14.6. The van der Waals surface area contributed by atoms with Gasteiger partial charge in [-0.1, -0.05) is 0 Å². The Morgan fingerprint density at radius 1 is 0.647 bits per heavy atom. The van der Waals surface area contributed by atoms with Gasteiger partial charge in [0.05, 0.1) is 0 Å². The van der Waals surface area contributed by atoms with Gasteiger partial charge in [0.15, 0.2) is 0 Å². The minimum absolute atomic E-state index is 0.163. The van der Waals surface area contributed by atoms with E-state index >= 15 is 0 Å². The van der Waals surface area contributed by atoms with Crippen LogP contribution in [-0.2, 0) is 21.3 Å². The number of nitrogens with two attached hydrogens (primary N) is 1. The van der Waals surface area contributed by atoms with E-state index < -0.39 is 26.2 Å². The molecule has 0 amide bonds. The number of aromatic nitrogens is 4. The van der Waals surface area contributed by atoms with Gasteiger partial charge in [-0.05, 0) is 0 Å². The van der Waals surface area contributed by atoms with Crippen LogP contribution >= 0.6 is 0 Å². The summed E-state index contributed by atoms with van der Waals surface area (Å²) in [7, 11) is -10.6. The third-order valence-electron chi connectivity index (χ3n) is 4.74. The molecule has 0 saturated carbocycles. The zero-order chi connectivity index (χ0) is 24.9. The first-order chi connectivity index (χ1) is 16.0. The summed E-state index contributed by atoms with van der Waals surface area (Å²) in [6.45, 7) is 0. The second-order valence-electron chi connectivity index (χ2n) is 6.64. The average Bonchev–Trinajstić information content (AvgIpc) is 2.85. The first-order valence-electron chi connectivity index (χ1n) is 9.30. The predicted molar refractivity (Wildman–Crippen MR) is 122 cm³/mol. The molecule has 0 aliphatic rings. The zero-order valence-corrected chi connectivity index (χ0v) is 19.4. The van der Waals surface area contributed by atoms with E-state index in [0.29, 0.717) is 0 Å². The summed E-state index contributed by atoms with van der Waals surface area (Å²) in [6, 6.07) is 20.1. The van der Waals surface area contributed by atoms with Crippen LogP contribution in [0.3, 0.4) is 0 Å². The van der Waals surface area contributed by atoms with Crippen LogP contribution in [0.5, 0.6) is 0 Å². The Kier molecular flexibility index (Phi) is 6.37. The number of rotatable bonds is 5. The van der Waals surface area contributed by atoms with Crippen LogP contribution in [0, 0.1) is 0 Å². The molecule has 4 aromatic rings. The van der Waals surface area contributed by atoms with Crippen LogP contribution in [-0.4, -0.2) is 47.4 Å². The topological polar surface area (TPSA) is 189 Å². The van der Waals surface area contributed by atoms with Gasteiger partial charge in [-0.25, -0.2) is 0 Å². The van der Waals surface area contributed by atoms with E-state index in [1.54, 1.807) is 72.8 Å². The third kappa shape index (κ3) is 3.47. The molecular formula is C21H21FeN5O6S. The molecule has 5 N–H and O–H groups in total. The monoisotopic (exact) mass is 527 g/mol. The van der Waals surface area contributed by atoms with Gasteiger partial charge in [-0.2, -0.15) is 8.42 Å². The van der Waals surface area contributed by atoms with Crippen molar-refractivity contribution < 1.29 is 38.4 Å². The number of hydrogen-bond donors (Lipinski definition) is 4. The van der Waals surface area contributed by atoms with E-state index in [2.05, 4.69) is 19.9 Å².